The minimum Gasteiger partial charge on any atom is -0.496 e. The van der Waals surface area contributed by atoms with Gasteiger partial charge in [-0.25, -0.2) is 4.79 Å². The Morgan fingerprint density at radius 3 is 1.12 bits per heavy atom. The topological polar surface area (TPSA) is 900 Å². The van der Waals surface area contributed by atoms with Crippen LogP contribution in [0, 0.1) is 11.1 Å². The van der Waals surface area contributed by atoms with E-state index in [0.29, 0.717) is 50.7 Å². The molecule has 0 spiro atoms. The molecule has 6 aromatic rings. The number of azo groups is 1. The lowest BCUT2D eigenvalue weighted by atomic mass is 10.2. The molecular formula is C52H62ClN57O12S2. The Kier molecular flexibility index (Phi) is 58.2. The van der Waals surface area contributed by atoms with Gasteiger partial charge < -0.3 is 39.8 Å². The van der Waals surface area contributed by atoms with Crippen molar-refractivity contribution in [3.63, 3.8) is 0 Å². The van der Waals surface area contributed by atoms with Gasteiger partial charge in [0.25, 0.3) is 11.1 Å². The number of nitrogens with one attached hydrogen (secondary N) is 4. The molecule has 2 aliphatic heterocycles. The van der Waals surface area contributed by atoms with Crippen LogP contribution in [0.3, 0.4) is 0 Å². The van der Waals surface area contributed by atoms with E-state index in [-0.39, 0.29) is 22.8 Å². The van der Waals surface area contributed by atoms with Crippen LogP contribution in [0.5, 0.6) is 17.2 Å². The number of aromatic nitrogens is 3. The lowest BCUT2D eigenvalue weighted by Crippen LogP contribution is -2.42. The van der Waals surface area contributed by atoms with Crippen molar-refractivity contribution in [1.82, 2.24) is 25.6 Å². The Balaban J connectivity index is 0.000000567. The van der Waals surface area contributed by atoms with Crippen molar-refractivity contribution in [3.05, 3.63) is 144 Å². The van der Waals surface area contributed by atoms with Crippen LogP contribution in [0.15, 0.2) is 382 Å². The molecule has 646 valence electrons. The number of methoxy groups -OCH3 is 3. The molecule has 72 heteroatoms. The third-order valence-corrected chi connectivity index (χ3v) is 13.3. The number of ether oxygens (including phenoxy) is 4. The van der Waals surface area contributed by atoms with E-state index in [4.69, 9.17) is 51.8 Å². The van der Waals surface area contributed by atoms with Crippen LogP contribution in [0.25, 0.3) is 11.0 Å². The van der Waals surface area contributed by atoms with Gasteiger partial charge in [-0.05, 0) is 163 Å². The summed E-state index contributed by atoms with van der Waals surface area (Å²) in [4.78, 5) is 67.4. The van der Waals surface area contributed by atoms with Crippen molar-refractivity contribution in [3.8, 4) is 17.2 Å². The molecule has 124 heavy (non-hydrogen) atoms. The monoisotopic (exact) mass is 1780 g/mol. The molecule has 69 nitrogen and oxygen atoms in total. The number of rotatable bonds is 38. The van der Waals surface area contributed by atoms with Gasteiger partial charge in [-0.2, -0.15) is 38.6 Å². The summed E-state index contributed by atoms with van der Waals surface area (Å²) in [5, 5.41) is 179. The summed E-state index contributed by atoms with van der Waals surface area (Å²) in [6.45, 7) is 7.79. The molecule has 2 aliphatic rings. The number of carboxylic acids is 2. The number of aliphatic carboxylic acids is 2. The van der Waals surface area contributed by atoms with E-state index in [9.17, 15) is 28.8 Å². The van der Waals surface area contributed by atoms with Crippen molar-refractivity contribution in [2.24, 2.45) is 261 Å². The average molecular weight is 1780 g/mol. The third-order valence-electron chi connectivity index (χ3n) is 11.7. The van der Waals surface area contributed by atoms with Crippen LogP contribution in [0.4, 0.5) is 5.69 Å². The standard InChI is InChI=1S/C14H11N3O2.C13H15NO5S.C8H7ClO2.C7H6N2.C6H13NO2S.C4H8O.H2N50/c1-19-13-9-5-2-6-10(13)14(18)17-12-8-4-3-7-11(12)15-16-17;1-8(15)14-10(12(16)17)7-20-13(18)9-5-3-4-6-11(9)19-2;1-11-7-5-3-2-4-6(7)8(9)10;1-2-4-7-6(3-1)5-8-9-7;1-4(2)7-5(3-10)6(8)9;1-2-4-5-3-1;1-3-5-7-9-11-13-15-17-19-21-23-25-27-29-31-33-35-37-39-41-43-45-47-49-50-48-46-44-42-40-38-36-34-32-30-28-26-24-22-20-18-16-14-12-10-8-6-4-2/h2-9H,1H3;3-6,10H,7H2,1-2H3,(H,14,15)(H,16,17);2-5H,1H3;1-4H,5H2;4-5,7,10H,3H2,1-2H3,(H,8,9);1-4H2;1-2H/b;;;;;;3-1?,4-2?,7-5+,8-6+,11-9+,12-10+,15-13+,16-14+,19-17+,20-18+,23-21+,24-22+,27-25+,28-26+,31-29+,32-30+,35-33+,36-34+,39-37+,40-38+,43-41+,44-42+,47-45+,48-46+,50-49+/t;10-;;;5-;;/m.0..0../s1. The quantitative estimate of drug-likeness (QED) is 0.00819. The first-order valence-electron chi connectivity index (χ1n) is 32.6. The predicted molar refractivity (Wildman–Crippen MR) is 409 cm³/mol. The molecule has 1 fully saturated rings. The van der Waals surface area contributed by atoms with Crippen LogP contribution in [-0.4, -0.2) is 123 Å². The maximum Gasteiger partial charge on any atom is 0.327 e. The lowest BCUT2D eigenvalue weighted by Gasteiger charge is -2.14. The van der Waals surface area contributed by atoms with Crippen molar-refractivity contribution < 1.29 is 57.9 Å². The van der Waals surface area contributed by atoms with Gasteiger partial charge in [0.15, 0.2) is 0 Å². The van der Waals surface area contributed by atoms with Gasteiger partial charge >= 0.3 is 11.9 Å². The minimum atomic E-state index is -1.18. The number of hydrogen-bond acceptors (Lipinski definition) is 19. The fraction of sp³-hybridized carbons (Fsp3) is 0.308. The predicted octanol–water partition coefficient (Wildman–Crippen LogP) is 18.2. The van der Waals surface area contributed by atoms with E-state index >= 15 is 0 Å². The number of fused-ring (bicyclic) bond motifs is 2. The van der Waals surface area contributed by atoms with Crippen molar-refractivity contribution >= 4 is 86.8 Å². The molecule has 1 aromatic heterocycles. The number of carbonyl (C=O) groups is 6. The Morgan fingerprint density at radius 1 is 0.476 bits per heavy atom. The summed E-state index contributed by atoms with van der Waals surface area (Å²) in [7, 11) is 4.48. The number of hydrogen-bond donors (Lipinski definition) is 7. The molecule has 6 N–H and O–H groups in total. The molecule has 1 amide bonds. The first-order chi connectivity index (χ1) is 60.5. The largest absolute Gasteiger partial charge is 0.496 e. The molecule has 8 rings (SSSR count). The number of thiol groups is 1. The molecule has 0 saturated carbocycles. The van der Waals surface area contributed by atoms with Crippen molar-refractivity contribution in [2.75, 3.05) is 46.0 Å². The highest BCUT2D eigenvalue weighted by atomic mass is 35.5. The van der Waals surface area contributed by atoms with E-state index in [1.807, 2.05) is 62.4 Å². The number of carbonyl (C=O) groups excluding carboxylic acids is 4. The molecule has 3 heterocycles. The van der Waals surface area contributed by atoms with Gasteiger partial charge in [0.05, 0.1) is 55.8 Å². The lowest BCUT2D eigenvalue weighted by molar-refractivity contribution is -0.141. The van der Waals surface area contributed by atoms with E-state index in [1.54, 1.807) is 66.7 Å². The minimum absolute atomic E-state index is 0.0498. The molecule has 5 aromatic carbocycles. The summed E-state index contributed by atoms with van der Waals surface area (Å²) in [6.07, 6.45) is 2.56. The molecule has 0 bridgehead atoms. The van der Waals surface area contributed by atoms with Gasteiger partial charge in [0, 0.05) is 210 Å². The number of thioether (sulfide) groups is 1. The zero-order chi connectivity index (χ0) is 90.4. The Bertz CT molecular complexity index is 4930. The van der Waals surface area contributed by atoms with E-state index in [2.05, 4.69) is 301 Å². The number of carboxylic acid groups (broad SMARTS) is 2. The Labute approximate surface area is 704 Å². The summed E-state index contributed by atoms with van der Waals surface area (Å²) in [6, 6.07) is 34.4. The van der Waals surface area contributed by atoms with Crippen LogP contribution < -0.4 is 24.8 Å². The van der Waals surface area contributed by atoms with Gasteiger partial charge in [-0.1, -0.05) is 97.6 Å². The molecule has 0 unspecified atom stereocenters. The second-order valence-corrected chi connectivity index (χ2v) is 21.6. The first-order valence-corrected chi connectivity index (χ1v) is 34.6. The fourth-order valence-electron chi connectivity index (χ4n) is 7.10. The third kappa shape index (κ3) is 50.3. The normalized spacial score (nSPS) is 13.5. The van der Waals surface area contributed by atoms with Crippen LogP contribution >= 0.6 is 36.0 Å². The Morgan fingerprint density at radius 2 is 0.806 bits per heavy atom. The van der Waals surface area contributed by atoms with Crippen LogP contribution in [0.1, 0.15) is 70.3 Å². The fourth-order valence-corrected chi connectivity index (χ4v) is 8.39. The van der Waals surface area contributed by atoms with Crippen LogP contribution in [0.2, 0.25) is 0 Å². The maximum absolute atomic E-state index is 12.5. The Hall–Kier alpha value is -17.2. The smallest absolute Gasteiger partial charge is 0.327 e. The highest BCUT2D eigenvalue weighted by Gasteiger charge is 2.22. The second-order valence-electron chi connectivity index (χ2n) is 19.9. The van der Waals surface area contributed by atoms with Crippen molar-refractivity contribution in [2.45, 2.75) is 58.3 Å². The molecule has 1 saturated heterocycles. The number of benzene rings is 5. The summed E-state index contributed by atoms with van der Waals surface area (Å²) < 4.78 is 21.4. The first kappa shape index (κ1) is 103. The number of para-hydroxylation sites is 4. The van der Waals surface area contributed by atoms with Gasteiger partial charge in [0.2, 0.25) is 11.0 Å². The van der Waals surface area contributed by atoms with Crippen molar-refractivity contribution in [1.29, 1.82) is 11.1 Å². The zero-order valence-electron chi connectivity index (χ0n) is 64.1. The maximum atomic E-state index is 12.5. The van der Waals surface area contributed by atoms with E-state index in [1.165, 1.54) is 51.3 Å². The number of halogens is 1. The van der Waals surface area contributed by atoms with Gasteiger partial charge in [0.1, 0.15) is 34.8 Å². The van der Waals surface area contributed by atoms with Gasteiger partial charge in [-0.3, -0.25) is 24.0 Å². The zero-order valence-corrected chi connectivity index (χ0v) is 66.6. The average Bonchev–Trinajstić information content (AvgIpc) is 1.65. The summed E-state index contributed by atoms with van der Waals surface area (Å²) >= 11 is 9.98. The van der Waals surface area contributed by atoms with Gasteiger partial charge in [-0.15, -0.1) is 5.10 Å². The van der Waals surface area contributed by atoms with Crippen LogP contribution in [-0.2, 0) is 25.7 Å². The molecule has 0 aliphatic carbocycles. The number of nitrogens with zero attached hydrogens (tertiary/aromatic N) is 53. The molecule has 2 atom stereocenters. The number of amides is 1. The summed E-state index contributed by atoms with van der Waals surface area (Å²) in [5.74, 6) is -1.01. The highest BCUT2D eigenvalue weighted by molar-refractivity contribution is 8.14. The highest BCUT2D eigenvalue weighted by Crippen LogP contribution is 2.26. The van der Waals surface area contributed by atoms with E-state index in [0.717, 1.165) is 37.2 Å². The second kappa shape index (κ2) is 70.1. The SMILES string of the molecule is C1CCOC1.CC(C)N[C@@H](CS)C(=O)O.COc1ccccc1C(=O)Cl.COc1ccccc1C(=O)SC[C@H](NC(C)=O)C(=O)O.COc1ccccc1C(=O)n1nnc2ccccc21.N=N/N=N/N=N/N=N/N=N/N=N/N=N/N=N/N=N/N=N/N=N/N=N/N=N/N=N/N=N/N=N/N=N/N=N/N=N/N=N/N=N/N=N/N=N/N=N/N=N.c1ccc2c(c1)CN=N2. The summed E-state index contributed by atoms with van der Waals surface area (Å²) in [5.41, 5.74) is 17.3. The molecule has 0 radical (unpaired) electrons. The molecular weight excluding hydrogens is 1710 g/mol. The van der Waals surface area contributed by atoms with E-state index < -0.39 is 35.2 Å².